The van der Waals surface area contributed by atoms with Crippen LogP contribution in [-0.4, -0.2) is 18.6 Å². The van der Waals surface area contributed by atoms with Crippen LogP contribution in [0, 0.1) is 0 Å². The predicted octanol–water partition coefficient (Wildman–Crippen LogP) is 2.56. The van der Waals surface area contributed by atoms with Crippen molar-refractivity contribution in [3.05, 3.63) is 35.4 Å². The summed E-state index contributed by atoms with van der Waals surface area (Å²) < 4.78 is 4.63. The first-order valence-electron chi connectivity index (χ1n) is 5.38. The highest BCUT2D eigenvalue weighted by Crippen LogP contribution is 2.12. The molecule has 0 aliphatic heterocycles. The van der Waals surface area contributed by atoms with Crippen LogP contribution in [0.25, 0.3) is 0 Å². The summed E-state index contributed by atoms with van der Waals surface area (Å²) >= 11 is 0. The van der Waals surface area contributed by atoms with E-state index in [1.807, 2.05) is 26.0 Å². The Morgan fingerprint density at radius 2 is 1.82 bits per heavy atom. The van der Waals surface area contributed by atoms with Gasteiger partial charge in [-0.2, -0.15) is 0 Å². The Balaban J connectivity index is 0.00000256. The number of methoxy groups -OCH3 is 1. The first-order chi connectivity index (χ1) is 7.42. The number of carbonyl (C=O) groups excluding carboxylic acids is 1. The lowest BCUT2D eigenvalue weighted by Crippen LogP contribution is -2.32. The second kappa shape index (κ2) is 6.62. The number of hydrogen-bond donors (Lipinski definition) is 1. The lowest BCUT2D eigenvalue weighted by Gasteiger charge is -2.17. The monoisotopic (exact) mass is 257 g/mol. The van der Waals surface area contributed by atoms with Gasteiger partial charge in [0.05, 0.1) is 12.7 Å². The van der Waals surface area contributed by atoms with Crippen LogP contribution >= 0.6 is 12.4 Å². The number of esters is 1. The quantitative estimate of drug-likeness (QED) is 0.844. The van der Waals surface area contributed by atoms with Gasteiger partial charge in [-0.3, -0.25) is 0 Å². The van der Waals surface area contributed by atoms with Gasteiger partial charge in [0.15, 0.2) is 0 Å². The summed E-state index contributed by atoms with van der Waals surface area (Å²) in [5.74, 6) is -0.300. The van der Waals surface area contributed by atoms with Gasteiger partial charge in [-0.15, -0.1) is 12.4 Å². The van der Waals surface area contributed by atoms with Gasteiger partial charge in [0.2, 0.25) is 0 Å². The normalized spacial score (nSPS) is 10.6. The van der Waals surface area contributed by atoms with E-state index in [1.54, 1.807) is 12.1 Å². The predicted molar refractivity (Wildman–Crippen MR) is 71.6 cm³/mol. The zero-order valence-corrected chi connectivity index (χ0v) is 11.3. The maximum absolute atomic E-state index is 11.2. The number of nitrogens with two attached hydrogens (primary N) is 1. The zero-order valence-electron chi connectivity index (χ0n) is 10.5. The molecule has 0 bridgehead atoms. The van der Waals surface area contributed by atoms with Crippen molar-refractivity contribution in [1.29, 1.82) is 0 Å². The zero-order chi connectivity index (χ0) is 12.2. The van der Waals surface area contributed by atoms with E-state index >= 15 is 0 Å². The Morgan fingerprint density at radius 1 is 1.29 bits per heavy atom. The Hall–Kier alpha value is -1.06. The first-order valence-corrected chi connectivity index (χ1v) is 5.38. The molecule has 0 aromatic heterocycles. The summed E-state index contributed by atoms with van der Waals surface area (Å²) in [6.45, 7) is 4.02. The van der Waals surface area contributed by atoms with Crippen LogP contribution in [0.15, 0.2) is 24.3 Å². The minimum Gasteiger partial charge on any atom is -0.465 e. The molecule has 1 aromatic rings. The summed E-state index contributed by atoms with van der Waals surface area (Å²) in [5.41, 5.74) is 7.53. The molecule has 0 saturated carbocycles. The third kappa shape index (κ3) is 5.71. The average Bonchev–Trinajstić information content (AvgIpc) is 2.25. The third-order valence-corrected chi connectivity index (χ3v) is 2.43. The maximum Gasteiger partial charge on any atom is 0.337 e. The van der Waals surface area contributed by atoms with Gasteiger partial charge in [-0.1, -0.05) is 12.1 Å². The van der Waals surface area contributed by atoms with E-state index in [9.17, 15) is 4.79 Å². The van der Waals surface area contributed by atoms with Gasteiger partial charge in [0, 0.05) is 5.54 Å². The van der Waals surface area contributed by atoms with Crippen LogP contribution in [0.1, 0.15) is 36.2 Å². The van der Waals surface area contributed by atoms with Crippen LogP contribution in [0.5, 0.6) is 0 Å². The molecular weight excluding hydrogens is 238 g/mol. The Kier molecular flexibility index (Phi) is 6.21. The lowest BCUT2D eigenvalue weighted by molar-refractivity contribution is 0.0600. The minimum absolute atomic E-state index is 0. The first kappa shape index (κ1) is 15.9. The number of benzene rings is 1. The van der Waals surface area contributed by atoms with Gasteiger partial charge < -0.3 is 10.5 Å². The number of aryl methyl sites for hydroxylation is 1. The van der Waals surface area contributed by atoms with E-state index in [0.29, 0.717) is 5.56 Å². The van der Waals surface area contributed by atoms with Crippen molar-refractivity contribution in [2.45, 2.75) is 32.2 Å². The van der Waals surface area contributed by atoms with Crippen LogP contribution in [0.4, 0.5) is 0 Å². The van der Waals surface area contributed by atoms with E-state index in [0.717, 1.165) is 12.8 Å². The molecule has 0 atom stereocenters. The van der Waals surface area contributed by atoms with Crippen LogP contribution in [-0.2, 0) is 11.2 Å². The molecule has 0 spiro atoms. The summed E-state index contributed by atoms with van der Waals surface area (Å²) in [5, 5.41) is 0. The standard InChI is InChI=1S/C13H19NO2.ClH/c1-13(2,14)9-8-10-4-6-11(7-5-10)12(15)16-3;/h4-7H,8-9,14H2,1-3H3;1H. The summed E-state index contributed by atoms with van der Waals surface area (Å²) in [6.07, 6.45) is 1.84. The van der Waals surface area contributed by atoms with Crippen molar-refractivity contribution in [1.82, 2.24) is 0 Å². The van der Waals surface area contributed by atoms with Crippen molar-refractivity contribution in [3.63, 3.8) is 0 Å². The molecule has 3 nitrogen and oxygen atoms in total. The fraction of sp³-hybridized carbons (Fsp3) is 0.462. The summed E-state index contributed by atoms with van der Waals surface area (Å²) in [4.78, 5) is 11.2. The number of ether oxygens (including phenoxy) is 1. The molecule has 4 heteroatoms. The molecule has 0 fully saturated rings. The highest BCUT2D eigenvalue weighted by atomic mass is 35.5. The third-order valence-electron chi connectivity index (χ3n) is 2.43. The second-order valence-electron chi connectivity index (χ2n) is 4.68. The van der Waals surface area contributed by atoms with Crippen LogP contribution < -0.4 is 5.73 Å². The van der Waals surface area contributed by atoms with Gasteiger partial charge in [-0.25, -0.2) is 4.79 Å². The van der Waals surface area contributed by atoms with E-state index in [4.69, 9.17) is 5.73 Å². The smallest absolute Gasteiger partial charge is 0.337 e. The number of hydrogen-bond acceptors (Lipinski definition) is 3. The molecule has 0 radical (unpaired) electrons. The van der Waals surface area contributed by atoms with Gasteiger partial charge in [0.25, 0.3) is 0 Å². The minimum atomic E-state index is -0.300. The molecule has 1 aromatic carbocycles. The number of carbonyl (C=O) groups is 1. The number of rotatable bonds is 4. The Bertz CT molecular complexity index is 355. The molecule has 0 unspecified atom stereocenters. The fourth-order valence-corrected chi connectivity index (χ4v) is 1.39. The highest BCUT2D eigenvalue weighted by Gasteiger charge is 2.10. The fourth-order valence-electron chi connectivity index (χ4n) is 1.39. The van der Waals surface area contributed by atoms with Gasteiger partial charge in [0.1, 0.15) is 0 Å². The van der Waals surface area contributed by atoms with E-state index in [1.165, 1.54) is 12.7 Å². The molecule has 0 heterocycles. The molecule has 17 heavy (non-hydrogen) atoms. The molecule has 1 rings (SSSR count). The van der Waals surface area contributed by atoms with Crippen molar-refractivity contribution < 1.29 is 9.53 Å². The number of halogens is 1. The van der Waals surface area contributed by atoms with Crippen molar-refractivity contribution in [3.8, 4) is 0 Å². The lowest BCUT2D eigenvalue weighted by atomic mass is 9.96. The van der Waals surface area contributed by atoms with Gasteiger partial charge in [-0.05, 0) is 44.4 Å². The average molecular weight is 258 g/mol. The molecular formula is C13H20ClNO2. The topological polar surface area (TPSA) is 52.3 Å². The van der Waals surface area contributed by atoms with Crippen molar-refractivity contribution >= 4 is 18.4 Å². The van der Waals surface area contributed by atoms with E-state index < -0.39 is 0 Å². The van der Waals surface area contributed by atoms with Gasteiger partial charge >= 0.3 is 5.97 Å². The van der Waals surface area contributed by atoms with Crippen LogP contribution in [0.3, 0.4) is 0 Å². The second-order valence-corrected chi connectivity index (χ2v) is 4.68. The molecule has 2 N–H and O–H groups in total. The molecule has 96 valence electrons. The van der Waals surface area contributed by atoms with Crippen molar-refractivity contribution in [2.24, 2.45) is 5.73 Å². The Morgan fingerprint density at radius 3 is 2.24 bits per heavy atom. The van der Waals surface area contributed by atoms with E-state index in [-0.39, 0.29) is 23.9 Å². The molecule has 0 aliphatic carbocycles. The SMILES string of the molecule is COC(=O)c1ccc(CCC(C)(C)N)cc1.Cl. The Labute approximate surface area is 109 Å². The van der Waals surface area contributed by atoms with Crippen LogP contribution in [0.2, 0.25) is 0 Å². The highest BCUT2D eigenvalue weighted by molar-refractivity contribution is 5.89. The molecule has 0 aliphatic rings. The molecule has 0 amide bonds. The summed E-state index contributed by atoms with van der Waals surface area (Å²) in [6, 6.07) is 7.45. The van der Waals surface area contributed by atoms with E-state index in [2.05, 4.69) is 4.74 Å². The largest absolute Gasteiger partial charge is 0.465 e. The van der Waals surface area contributed by atoms with Crippen molar-refractivity contribution in [2.75, 3.05) is 7.11 Å². The maximum atomic E-state index is 11.2. The summed E-state index contributed by atoms with van der Waals surface area (Å²) in [7, 11) is 1.38. The molecule has 0 saturated heterocycles.